The summed E-state index contributed by atoms with van der Waals surface area (Å²) in [6, 6.07) is 10.4. The Bertz CT molecular complexity index is 656. The van der Waals surface area contributed by atoms with Crippen LogP contribution in [0.4, 0.5) is 5.82 Å². The van der Waals surface area contributed by atoms with Gasteiger partial charge >= 0.3 is 0 Å². The molecule has 2 aromatic rings. The van der Waals surface area contributed by atoms with Crippen molar-refractivity contribution >= 4 is 23.3 Å². The van der Waals surface area contributed by atoms with E-state index in [0.29, 0.717) is 22.2 Å². The molecule has 21 heavy (non-hydrogen) atoms. The fraction of sp³-hybridized carbons (Fsp3) is 0.250. The number of anilines is 1. The molecule has 0 aliphatic carbocycles. The Morgan fingerprint density at radius 1 is 1.29 bits per heavy atom. The molecule has 0 saturated carbocycles. The summed E-state index contributed by atoms with van der Waals surface area (Å²) in [6.45, 7) is 5.67. The molecule has 1 amide bonds. The summed E-state index contributed by atoms with van der Waals surface area (Å²) in [6.07, 6.45) is -0.0326. The van der Waals surface area contributed by atoms with Crippen LogP contribution in [0, 0.1) is 6.92 Å². The highest BCUT2D eigenvalue weighted by Gasteiger charge is 2.15. The first-order valence-electron chi connectivity index (χ1n) is 6.67. The molecular weight excluding hydrogens is 288 g/mol. The average Bonchev–Trinajstić information content (AvgIpc) is 2.40. The number of benzene rings is 1. The second-order valence-electron chi connectivity index (χ2n) is 4.93. The van der Waals surface area contributed by atoms with Crippen molar-refractivity contribution in [2.24, 2.45) is 0 Å². The van der Waals surface area contributed by atoms with Crippen molar-refractivity contribution in [1.82, 2.24) is 4.98 Å². The monoisotopic (exact) mass is 304 g/mol. The second kappa shape index (κ2) is 6.59. The Hall–Kier alpha value is -2.07. The summed E-state index contributed by atoms with van der Waals surface area (Å²) in [5.74, 6) is 0.696. The number of carbonyl (C=O) groups excluding carboxylic acids is 1. The van der Waals surface area contributed by atoms with Crippen LogP contribution in [-0.2, 0) is 0 Å². The van der Waals surface area contributed by atoms with Crippen LogP contribution in [0.5, 0.6) is 5.75 Å². The molecule has 4 nitrogen and oxygen atoms in total. The fourth-order valence-electron chi connectivity index (χ4n) is 1.83. The molecule has 1 aromatic carbocycles. The normalized spacial score (nSPS) is 10.5. The highest BCUT2D eigenvalue weighted by molar-refractivity contribution is 6.31. The zero-order valence-electron chi connectivity index (χ0n) is 12.2. The first-order chi connectivity index (χ1) is 9.95. The highest BCUT2D eigenvalue weighted by atomic mass is 35.5. The number of halogens is 1. The third kappa shape index (κ3) is 4.20. The van der Waals surface area contributed by atoms with Crippen LogP contribution in [0.15, 0.2) is 36.4 Å². The third-order valence-corrected chi connectivity index (χ3v) is 2.91. The molecular formula is C16H17ClN2O2. The number of amides is 1. The van der Waals surface area contributed by atoms with Gasteiger partial charge in [0.1, 0.15) is 11.6 Å². The van der Waals surface area contributed by atoms with Crippen molar-refractivity contribution in [3.8, 4) is 5.75 Å². The topological polar surface area (TPSA) is 51.2 Å². The number of nitrogens with zero attached hydrogens (tertiary/aromatic N) is 1. The lowest BCUT2D eigenvalue weighted by molar-refractivity contribution is 0.102. The molecule has 5 heteroatoms. The minimum absolute atomic E-state index is 0.0326. The number of pyridine rings is 1. The van der Waals surface area contributed by atoms with Crippen molar-refractivity contribution in [2.75, 3.05) is 5.32 Å². The maximum Gasteiger partial charge on any atom is 0.260 e. The van der Waals surface area contributed by atoms with Gasteiger partial charge in [-0.1, -0.05) is 17.7 Å². The largest absolute Gasteiger partial charge is 0.490 e. The zero-order valence-corrected chi connectivity index (χ0v) is 12.9. The molecule has 0 bridgehead atoms. The van der Waals surface area contributed by atoms with Crippen molar-refractivity contribution in [1.29, 1.82) is 0 Å². The van der Waals surface area contributed by atoms with E-state index in [9.17, 15) is 4.79 Å². The van der Waals surface area contributed by atoms with Gasteiger partial charge in [-0.05, 0) is 51.1 Å². The maximum absolute atomic E-state index is 12.4. The Morgan fingerprint density at radius 3 is 2.71 bits per heavy atom. The van der Waals surface area contributed by atoms with Crippen LogP contribution >= 0.6 is 11.6 Å². The number of nitrogens with one attached hydrogen (secondary N) is 1. The van der Waals surface area contributed by atoms with Gasteiger partial charge in [-0.15, -0.1) is 0 Å². The first kappa shape index (κ1) is 15.3. The Labute approximate surface area is 129 Å². The van der Waals surface area contributed by atoms with Gasteiger partial charge in [0.15, 0.2) is 0 Å². The van der Waals surface area contributed by atoms with E-state index in [-0.39, 0.29) is 12.0 Å². The number of carbonyl (C=O) groups is 1. The molecule has 0 aliphatic rings. The maximum atomic E-state index is 12.4. The van der Waals surface area contributed by atoms with Gasteiger partial charge in [0.05, 0.1) is 11.7 Å². The van der Waals surface area contributed by atoms with Gasteiger partial charge in [-0.2, -0.15) is 0 Å². The zero-order chi connectivity index (χ0) is 15.4. The summed E-state index contributed by atoms with van der Waals surface area (Å²) in [4.78, 5) is 16.6. The molecule has 0 radical (unpaired) electrons. The minimum Gasteiger partial charge on any atom is -0.490 e. The van der Waals surface area contributed by atoms with E-state index in [2.05, 4.69) is 10.3 Å². The van der Waals surface area contributed by atoms with Crippen molar-refractivity contribution in [3.63, 3.8) is 0 Å². The van der Waals surface area contributed by atoms with E-state index < -0.39 is 0 Å². The number of ether oxygens (including phenoxy) is 1. The van der Waals surface area contributed by atoms with Crippen molar-refractivity contribution in [2.45, 2.75) is 26.9 Å². The second-order valence-corrected chi connectivity index (χ2v) is 5.36. The number of rotatable bonds is 4. The molecule has 0 atom stereocenters. The van der Waals surface area contributed by atoms with Gasteiger partial charge < -0.3 is 10.1 Å². The summed E-state index contributed by atoms with van der Waals surface area (Å²) in [7, 11) is 0. The Balaban J connectivity index is 2.27. The standard InChI is InChI=1S/C16H17ClN2O2/c1-10(2)21-14-8-7-12(17)9-13(14)16(20)19-15-6-4-5-11(3)18-15/h4-10H,1-3H3,(H,18,19,20). The molecule has 110 valence electrons. The van der Waals surface area contributed by atoms with Gasteiger partial charge in [0.25, 0.3) is 5.91 Å². The van der Waals surface area contributed by atoms with E-state index >= 15 is 0 Å². The number of hydrogen-bond donors (Lipinski definition) is 1. The molecule has 1 heterocycles. The lowest BCUT2D eigenvalue weighted by Crippen LogP contribution is -2.16. The van der Waals surface area contributed by atoms with Crippen LogP contribution in [-0.4, -0.2) is 17.0 Å². The van der Waals surface area contributed by atoms with Gasteiger partial charge in [0, 0.05) is 10.7 Å². The Morgan fingerprint density at radius 2 is 2.05 bits per heavy atom. The first-order valence-corrected chi connectivity index (χ1v) is 7.04. The molecule has 0 spiro atoms. The molecule has 2 rings (SSSR count). The molecule has 0 saturated heterocycles. The van der Waals surface area contributed by atoms with Crippen LogP contribution < -0.4 is 10.1 Å². The number of aromatic nitrogens is 1. The highest BCUT2D eigenvalue weighted by Crippen LogP contribution is 2.24. The van der Waals surface area contributed by atoms with Crippen molar-refractivity contribution < 1.29 is 9.53 Å². The van der Waals surface area contributed by atoms with Crippen LogP contribution in [0.25, 0.3) is 0 Å². The van der Waals surface area contributed by atoms with Gasteiger partial charge in [0.2, 0.25) is 0 Å². The fourth-order valence-corrected chi connectivity index (χ4v) is 2.00. The third-order valence-electron chi connectivity index (χ3n) is 2.68. The smallest absolute Gasteiger partial charge is 0.260 e. The Kier molecular flexibility index (Phi) is 4.81. The molecule has 0 unspecified atom stereocenters. The molecule has 1 N–H and O–H groups in total. The van der Waals surface area contributed by atoms with E-state index in [4.69, 9.17) is 16.3 Å². The predicted molar refractivity (Wildman–Crippen MR) is 84.1 cm³/mol. The number of hydrogen-bond acceptors (Lipinski definition) is 3. The molecule has 1 aromatic heterocycles. The molecule has 0 aliphatic heterocycles. The average molecular weight is 305 g/mol. The van der Waals surface area contributed by atoms with E-state index in [1.807, 2.05) is 32.9 Å². The number of aryl methyl sites for hydroxylation is 1. The summed E-state index contributed by atoms with van der Waals surface area (Å²) < 4.78 is 5.64. The van der Waals surface area contributed by atoms with Gasteiger partial charge in [-0.3, -0.25) is 4.79 Å². The van der Waals surface area contributed by atoms with Gasteiger partial charge in [-0.25, -0.2) is 4.98 Å². The van der Waals surface area contributed by atoms with E-state index in [1.165, 1.54) is 0 Å². The summed E-state index contributed by atoms with van der Waals surface area (Å²) in [5.41, 5.74) is 1.22. The summed E-state index contributed by atoms with van der Waals surface area (Å²) >= 11 is 5.97. The van der Waals surface area contributed by atoms with Crippen molar-refractivity contribution in [3.05, 3.63) is 52.7 Å². The van der Waals surface area contributed by atoms with E-state index in [1.54, 1.807) is 24.3 Å². The summed E-state index contributed by atoms with van der Waals surface area (Å²) in [5, 5.41) is 3.23. The van der Waals surface area contributed by atoms with E-state index in [0.717, 1.165) is 5.69 Å². The lowest BCUT2D eigenvalue weighted by Gasteiger charge is -2.14. The minimum atomic E-state index is -0.300. The molecule has 0 fully saturated rings. The quantitative estimate of drug-likeness (QED) is 0.926. The van der Waals surface area contributed by atoms with Crippen LogP contribution in [0.1, 0.15) is 29.9 Å². The SMILES string of the molecule is Cc1cccc(NC(=O)c2cc(Cl)ccc2OC(C)C)n1. The van der Waals surface area contributed by atoms with Crippen LogP contribution in [0.3, 0.4) is 0 Å². The predicted octanol–water partition coefficient (Wildman–Crippen LogP) is 4.08. The lowest BCUT2D eigenvalue weighted by atomic mass is 10.2. The van der Waals surface area contributed by atoms with Crippen LogP contribution in [0.2, 0.25) is 5.02 Å².